The summed E-state index contributed by atoms with van der Waals surface area (Å²) >= 11 is 2.96. The van der Waals surface area contributed by atoms with Crippen LogP contribution in [0.25, 0.3) is 0 Å². The first-order valence-corrected chi connectivity index (χ1v) is 5.02. The Labute approximate surface area is 92.7 Å². The third kappa shape index (κ3) is 1.62. The van der Waals surface area contributed by atoms with E-state index in [-0.39, 0.29) is 0 Å². The Kier molecular flexibility index (Phi) is 2.98. The lowest BCUT2D eigenvalue weighted by Crippen LogP contribution is -2.24. The van der Waals surface area contributed by atoms with Gasteiger partial charge >= 0.3 is 8.05 Å². The number of halogens is 1. The molecule has 2 rings (SSSR count). The highest BCUT2D eigenvalue weighted by Crippen LogP contribution is 2.35. The summed E-state index contributed by atoms with van der Waals surface area (Å²) in [5, 5.41) is 3.27. The fraction of sp³-hybridized carbons (Fsp3) is 0.333. The van der Waals surface area contributed by atoms with Gasteiger partial charge in [-0.05, 0) is 24.6 Å². The van der Waals surface area contributed by atoms with Gasteiger partial charge in [0.05, 0.1) is 0 Å². The second-order valence-corrected chi connectivity index (χ2v) is 3.48. The molecule has 2 radical (unpaired) electrons. The topological polar surface area (TPSA) is 30.5 Å². The molecule has 0 saturated carbocycles. The van der Waals surface area contributed by atoms with E-state index in [1.165, 1.54) is 5.56 Å². The first kappa shape index (κ1) is 9.86. The van der Waals surface area contributed by atoms with Gasteiger partial charge in [-0.25, -0.2) is 0 Å². The van der Waals surface area contributed by atoms with Crippen LogP contribution in [0.15, 0.2) is 12.1 Å². The minimum absolute atomic E-state index is 0.546. The average Bonchev–Trinajstić information content (AvgIpc) is 2.27. The zero-order chi connectivity index (χ0) is 9.97. The van der Waals surface area contributed by atoms with Crippen molar-refractivity contribution in [2.75, 3.05) is 6.54 Å². The summed E-state index contributed by atoms with van der Waals surface area (Å²) in [6.07, 6.45) is 1.00. The number of hydrogen-bond donors (Lipinski definition) is 1. The van der Waals surface area contributed by atoms with Gasteiger partial charge in [0.15, 0.2) is 22.0 Å². The van der Waals surface area contributed by atoms with Crippen LogP contribution in [0.2, 0.25) is 0 Å². The molecule has 0 aliphatic carbocycles. The first-order valence-electron chi connectivity index (χ1n) is 4.37. The smallest absolute Gasteiger partial charge is 0.374 e. The number of nitrogens with one attached hydrogen (secondary N) is 1. The van der Waals surface area contributed by atoms with Crippen LogP contribution in [0.3, 0.4) is 0 Å². The molecular weight excluding hydrogens is 245 g/mol. The normalized spacial score (nSPS) is 14.6. The molecule has 14 heavy (non-hydrogen) atoms. The van der Waals surface area contributed by atoms with Crippen LogP contribution < -0.4 is 13.8 Å². The minimum Gasteiger partial charge on any atom is -0.565 e. The van der Waals surface area contributed by atoms with E-state index in [2.05, 4.69) is 21.6 Å². The van der Waals surface area contributed by atoms with Crippen LogP contribution in [0.1, 0.15) is 11.1 Å². The lowest BCUT2D eigenvalue weighted by atomic mass is 9.99. The molecule has 0 fully saturated rings. The van der Waals surface area contributed by atoms with E-state index in [4.69, 9.17) is 16.5 Å². The minimum atomic E-state index is 0.546. The van der Waals surface area contributed by atoms with Gasteiger partial charge < -0.3 is 13.8 Å². The van der Waals surface area contributed by atoms with E-state index >= 15 is 0 Å². The van der Waals surface area contributed by atoms with Crippen molar-refractivity contribution in [2.24, 2.45) is 0 Å². The van der Waals surface area contributed by atoms with Crippen LogP contribution in [0.5, 0.6) is 11.5 Å². The van der Waals surface area contributed by atoms with Crippen LogP contribution in [-0.2, 0) is 13.0 Å². The van der Waals surface area contributed by atoms with E-state index in [1.807, 2.05) is 12.1 Å². The van der Waals surface area contributed by atoms with Gasteiger partial charge in [0.2, 0.25) is 0 Å². The van der Waals surface area contributed by atoms with Crippen LogP contribution in [0.4, 0.5) is 0 Å². The van der Waals surface area contributed by atoms with Crippen molar-refractivity contribution in [1.82, 2.24) is 5.32 Å². The number of rotatable bonds is 2. The number of fused-ring (bicyclic) bond motifs is 1. The predicted octanol–water partition coefficient (Wildman–Crippen LogP) is 1.48. The predicted molar refractivity (Wildman–Crippen MR) is 57.8 cm³/mol. The summed E-state index contributed by atoms with van der Waals surface area (Å²) in [4.78, 5) is 0. The molecule has 0 unspecified atom stereocenters. The molecule has 0 saturated heterocycles. The SMILES string of the molecule is [B]Oc1ccc2c(c1OBr)CNCC2. The molecule has 1 aromatic carbocycles. The maximum atomic E-state index is 5.14. The zero-order valence-corrected chi connectivity index (χ0v) is 9.13. The molecule has 3 nitrogen and oxygen atoms in total. The fourth-order valence-electron chi connectivity index (χ4n) is 1.69. The van der Waals surface area contributed by atoms with Crippen LogP contribution in [-0.4, -0.2) is 14.6 Å². The van der Waals surface area contributed by atoms with Crippen molar-refractivity contribution in [1.29, 1.82) is 0 Å². The zero-order valence-electron chi connectivity index (χ0n) is 7.55. The summed E-state index contributed by atoms with van der Waals surface area (Å²) < 4.78 is 9.82. The Morgan fingerprint density at radius 3 is 3.00 bits per heavy atom. The quantitative estimate of drug-likeness (QED) is 0.811. The standard InChI is InChI=1S/C9H9BBrNO2/c10-13-8-2-1-6-3-4-12-5-7(6)9(8)14-11/h1-2,12H,3-5H2. The van der Waals surface area contributed by atoms with Gasteiger partial charge in [-0.1, -0.05) is 6.07 Å². The van der Waals surface area contributed by atoms with Crippen molar-refractivity contribution in [3.8, 4) is 11.5 Å². The van der Waals surface area contributed by atoms with Crippen molar-refractivity contribution in [3.63, 3.8) is 0 Å². The van der Waals surface area contributed by atoms with Crippen molar-refractivity contribution in [3.05, 3.63) is 23.3 Å². The molecule has 1 N–H and O–H groups in total. The molecule has 0 spiro atoms. The van der Waals surface area contributed by atoms with Crippen LogP contribution in [0, 0.1) is 0 Å². The highest BCUT2D eigenvalue weighted by molar-refractivity contribution is 9.06. The molecule has 0 atom stereocenters. The van der Waals surface area contributed by atoms with E-state index in [0.717, 1.165) is 25.1 Å². The van der Waals surface area contributed by atoms with E-state index in [0.29, 0.717) is 11.5 Å². The van der Waals surface area contributed by atoms with E-state index < -0.39 is 0 Å². The fourth-order valence-corrected chi connectivity index (χ4v) is 2.04. The Balaban J connectivity index is 2.50. The molecule has 1 aliphatic rings. The number of benzene rings is 1. The van der Waals surface area contributed by atoms with E-state index in [9.17, 15) is 0 Å². The molecule has 72 valence electrons. The molecule has 0 aromatic heterocycles. The summed E-state index contributed by atoms with van der Waals surface area (Å²) in [6, 6.07) is 3.84. The first-order chi connectivity index (χ1) is 6.86. The van der Waals surface area contributed by atoms with Gasteiger partial charge in [-0.15, -0.1) is 0 Å². The Morgan fingerprint density at radius 1 is 1.43 bits per heavy atom. The maximum Gasteiger partial charge on any atom is 0.374 e. The lowest BCUT2D eigenvalue weighted by Gasteiger charge is -2.20. The Bertz CT molecular complexity index is 331. The highest BCUT2D eigenvalue weighted by Gasteiger charge is 2.17. The molecule has 1 aliphatic heterocycles. The molecule has 1 aromatic rings. The monoisotopic (exact) mass is 253 g/mol. The Hall–Kier alpha value is -0.675. The van der Waals surface area contributed by atoms with Crippen molar-refractivity contribution in [2.45, 2.75) is 13.0 Å². The second kappa shape index (κ2) is 4.23. The lowest BCUT2D eigenvalue weighted by molar-refractivity contribution is 0.542. The molecule has 0 amide bonds. The average molecular weight is 254 g/mol. The van der Waals surface area contributed by atoms with Crippen molar-refractivity contribution >= 4 is 24.3 Å². The summed E-state index contributed by atoms with van der Waals surface area (Å²) in [7, 11) is 5.14. The van der Waals surface area contributed by atoms with Gasteiger partial charge in [0, 0.05) is 12.1 Å². The Morgan fingerprint density at radius 2 is 2.29 bits per heavy atom. The summed E-state index contributed by atoms with van der Waals surface area (Å²) in [5.41, 5.74) is 2.38. The molecule has 5 heteroatoms. The van der Waals surface area contributed by atoms with Gasteiger partial charge in [-0.2, -0.15) is 0 Å². The third-order valence-electron chi connectivity index (χ3n) is 2.40. The molecular formula is C9H9BBrNO2. The maximum absolute atomic E-state index is 5.14. The molecule has 0 bridgehead atoms. The van der Waals surface area contributed by atoms with E-state index in [1.54, 1.807) is 0 Å². The number of hydrogen-bond acceptors (Lipinski definition) is 3. The summed E-state index contributed by atoms with van der Waals surface area (Å²) in [5.74, 6) is 1.21. The van der Waals surface area contributed by atoms with Crippen molar-refractivity contribution < 1.29 is 8.48 Å². The van der Waals surface area contributed by atoms with Gasteiger partial charge in [0.1, 0.15) is 5.75 Å². The second-order valence-electron chi connectivity index (χ2n) is 3.15. The van der Waals surface area contributed by atoms with Gasteiger partial charge in [-0.3, -0.25) is 0 Å². The third-order valence-corrected chi connectivity index (χ3v) is 2.72. The van der Waals surface area contributed by atoms with Crippen LogP contribution >= 0.6 is 16.3 Å². The molecule has 1 heterocycles. The summed E-state index contributed by atoms with van der Waals surface area (Å²) in [6.45, 7) is 1.78. The van der Waals surface area contributed by atoms with Gasteiger partial charge in [0.25, 0.3) is 0 Å². The highest BCUT2D eigenvalue weighted by atomic mass is 79.9. The largest absolute Gasteiger partial charge is 0.565 e.